The lowest BCUT2D eigenvalue weighted by Gasteiger charge is -2.29. The predicted molar refractivity (Wildman–Crippen MR) is 139 cm³/mol. The molecule has 1 aromatic rings. The lowest BCUT2D eigenvalue weighted by atomic mass is 9.85. The van der Waals surface area contributed by atoms with E-state index in [-0.39, 0.29) is 24.4 Å². The summed E-state index contributed by atoms with van der Waals surface area (Å²) in [5.41, 5.74) is 0.561. The summed E-state index contributed by atoms with van der Waals surface area (Å²) in [5.74, 6) is 0.583. The highest BCUT2D eigenvalue weighted by Gasteiger charge is 2.38. The number of carbonyl (C=O) groups excluding carboxylic acids is 2. The molecule has 2 aliphatic heterocycles. The largest absolute Gasteiger partial charge is 0.480 e. The predicted octanol–water partition coefficient (Wildman–Crippen LogP) is 4.72. The Hall–Kier alpha value is -3.22. The van der Waals surface area contributed by atoms with Crippen LogP contribution < -0.4 is 10.6 Å². The molecule has 0 radical (unpaired) electrons. The van der Waals surface area contributed by atoms with E-state index in [4.69, 9.17) is 9.47 Å². The minimum Gasteiger partial charge on any atom is -0.480 e. The Kier molecular flexibility index (Phi) is 8.06. The van der Waals surface area contributed by atoms with Crippen LogP contribution in [0.1, 0.15) is 56.2 Å². The van der Waals surface area contributed by atoms with Gasteiger partial charge < -0.3 is 14.8 Å². The Bertz CT molecular complexity index is 1240. The molecular formula is C26H30F3N5O4S. The van der Waals surface area contributed by atoms with E-state index < -0.39 is 29.8 Å². The summed E-state index contributed by atoms with van der Waals surface area (Å²) in [6.07, 6.45) is 1.38. The van der Waals surface area contributed by atoms with E-state index in [1.54, 1.807) is 6.92 Å². The number of esters is 1. The number of rotatable bonds is 8. The monoisotopic (exact) mass is 565 g/mol. The number of ether oxygens (including phenoxy) is 2. The van der Waals surface area contributed by atoms with Crippen LogP contribution in [0.3, 0.4) is 0 Å². The summed E-state index contributed by atoms with van der Waals surface area (Å²) in [5, 5.41) is 6.45. The van der Waals surface area contributed by atoms with Crippen molar-refractivity contribution in [2.24, 2.45) is 27.7 Å². The number of hydrogen-bond donors (Lipinski definition) is 2. The zero-order chi connectivity index (χ0) is 27.6. The first-order valence-electron chi connectivity index (χ1n) is 13.1. The van der Waals surface area contributed by atoms with Crippen molar-refractivity contribution in [3.05, 3.63) is 33.4 Å². The van der Waals surface area contributed by atoms with E-state index >= 15 is 0 Å². The number of hydrogen-bond acceptors (Lipinski definition) is 8. The second kappa shape index (κ2) is 11.5. The first-order chi connectivity index (χ1) is 18.7. The molecule has 3 heterocycles. The van der Waals surface area contributed by atoms with Gasteiger partial charge in [0.15, 0.2) is 11.6 Å². The number of aliphatic imine (C=N–C) groups is 2. The molecule has 0 spiro atoms. The van der Waals surface area contributed by atoms with Crippen molar-refractivity contribution in [2.45, 2.75) is 51.6 Å². The Morgan fingerprint density at radius 2 is 1.90 bits per heavy atom. The molecule has 2 N–H and O–H groups in total. The van der Waals surface area contributed by atoms with Crippen LogP contribution in [0, 0.1) is 17.8 Å². The molecule has 0 aromatic carbocycles. The van der Waals surface area contributed by atoms with Crippen LogP contribution in [0.2, 0.25) is 0 Å². The van der Waals surface area contributed by atoms with E-state index in [0.29, 0.717) is 60.0 Å². The Labute approximate surface area is 227 Å². The number of amides is 2. The fourth-order valence-electron chi connectivity index (χ4n) is 4.30. The highest BCUT2D eigenvalue weighted by Crippen LogP contribution is 2.40. The minimum absolute atomic E-state index is 0.0643. The number of carbonyl (C=O) groups is 2. The molecule has 39 heavy (non-hydrogen) atoms. The third-order valence-electron chi connectivity index (χ3n) is 6.88. The number of nitrogens with zero attached hydrogens (tertiary/aromatic N) is 3. The number of aromatic nitrogens is 1. The SMILES string of the molecule is CCNC(=O)NC1=NCC(C2CC(C(=O)OCC3CC3)=CN=C2OCC2CC2)=C(c2nc(C(F)(F)F)cs2)C1. The van der Waals surface area contributed by atoms with Crippen LogP contribution in [-0.2, 0) is 20.4 Å². The van der Waals surface area contributed by atoms with E-state index in [2.05, 4.69) is 25.6 Å². The summed E-state index contributed by atoms with van der Waals surface area (Å²) in [6, 6.07) is -0.453. The molecule has 0 saturated heterocycles. The fraction of sp³-hybridized carbons (Fsp3) is 0.577. The number of nitrogens with one attached hydrogen (secondary N) is 2. The van der Waals surface area contributed by atoms with Crippen LogP contribution >= 0.6 is 11.3 Å². The molecule has 2 saturated carbocycles. The van der Waals surface area contributed by atoms with Gasteiger partial charge in [0.2, 0.25) is 0 Å². The van der Waals surface area contributed by atoms with Crippen molar-refractivity contribution in [1.29, 1.82) is 0 Å². The van der Waals surface area contributed by atoms with E-state index in [1.165, 1.54) is 6.20 Å². The molecule has 13 heteroatoms. The molecule has 210 valence electrons. The summed E-state index contributed by atoms with van der Waals surface area (Å²) >= 11 is 0.877. The number of amidine groups is 1. The quantitative estimate of drug-likeness (QED) is 0.443. The molecular weight excluding hydrogens is 535 g/mol. The van der Waals surface area contributed by atoms with Gasteiger partial charge in [0.25, 0.3) is 0 Å². The molecule has 1 atom stereocenters. The maximum atomic E-state index is 13.4. The second-order valence-electron chi connectivity index (χ2n) is 10.1. The van der Waals surface area contributed by atoms with Crippen molar-refractivity contribution in [3.8, 4) is 0 Å². The Balaban J connectivity index is 1.45. The first kappa shape index (κ1) is 27.4. The molecule has 2 amide bonds. The summed E-state index contributed by atoms with van der Waals surface area (Å²) in [6.45, 7) is 3.10. The molecule has 9 nitrogen and oxygen atoms in total. The van der Waals surface area contributed by atoms with Crippen LogP contribution in [0.15, 0.2) is 32.7 Å². The highest BCUT2D eigenvalue weighted by atomic mass is 32.1. The molecule has 2 aliphatic carbocycles. The minimum atomic E-state index is -4.59. The molecule has 2 fully saturated rings. The summed E-state index contributed by atoms with van der Waals surface area (Å²) < 4.78 is 51.8. The van der Waals surface area contributed by atoms with Gasteiger partial charge in [-0.1, -0.05) is 0 Å². The molecule has 1 unspecified atom stereocenters. The van der Waals surface area contributed by atoms with Gasteiger partial charge in [-0.25, -0.2) is 19.6 Å². The van der Waals surface area contributed by atoms with Crippen LogP contribution in [0.4, 0.5) is 18.0 Å². The number of thiazole rings is 1. The van der Waals surface area contributed by atoms with Gasteiger partial charge in [-0.2, -0.15) is 13.2 Å². The Morgan fingerprint density at radius 3 is 2.56 bits per heavy atom. The smallest absolute Gasteiger partial charge is 0.434 e. The van der Waals surface area contributed by atoms with Crippen LogP contribution in [-0.4, -0.2) is 55.0 Å². The number of urea groups is 1. The van der Waals surface area contributed by atoms with Gasteiger partial charge in [0.1, 0.15) is 10.8 Å². The number of alkyl halides is 3. The van der Waals surface area contributed by atoms with Crippen LogP contribution in [0.25, 0.3) is 5.57 Å². The molecule has 4 aliphatic rings. The van der Waals surface area contributed by atoms with Crippen molar-refractivity contribution in [3.63, 3.8) is 0 Å². The molecule has 0 bridgehead atoms. The average molecular weight is 566 g/mol. The zero-order valence-electron chi connectivity index (χ0n) is 21.5. The second-order valence-corrected chi connectivity index (χ2v) is 11.0. The van der Waals surface area contributed by atoms with Gasteiger partial charge in [0, 0.05) is 24.5 Å². The van der Waals surface area contributed by atoms with Gasteiger partial charge in [-0.15, -0.1) is 11.3 Å². The van der Waals surface area contributed by atoms with Gasteiger partial charge in [-0.3, -0.25) is 10.3 Å². The third-order valence-corrected chi connectivity index (χ3v) is 7.79. The first-order valence-corrected chi connectivity index (χ1v) is 14.0. The maximum Gasteiger partial charge on any atom is 0.434 e. The number of halogens is 3. The van der Waals surface area contributed by atoms with Gasteiger partial charge >= 0.3 is 18.2 Å². The van der Waals surface area contributed by atoms with Crippen molar-refractivity contribution < 1.29 is 32.2 Å². The van der Waals surface area contributed by atoms with E-state index in [1.807, 2.05) is 0 Å². The van der Waals surface area contributed by atoms with Gasteiger partial charge in [-0.05, 0) is 62.0 Å². The summed E-state index contributed by atoms with van der Waals surface area (Å²) in [7, 11) is 0. The summed E-state index contributed by atoms with van der Waals surface area (Å²) in [4.78, 5) is 37.8. The Morgan fingerprint density at radius 1 is 1.15 bits per heavy atom. The highest BCUT2D eigenvalue weighted by molar-refractivity contribution is 7.10. The standard InChI is InChI=1S/C26H30F3N5O4S/c1-2-30-25(36)34-21-8-18(23-33-20(13-39-23)26(27,28)29)19(10-31-21)17-7-16(24(35)38-12-15-5-6-15)9-32-22(17)37-11-14-3-4-14/h9,13-15,17H,2-8,10-12H2,1H3,(H2,30,31,34,36). The molecule has 5 rings (SSSR count). The van der Waals surface area contributed by atoms with Crippen molar-refractivity contribution in [2.75, 3.05) is 26.3 Å². The van der Waals surface area contributed by atoms with Gasteiger partial charge in [0.05, 0.1) is 31.2 Å². The van der Waals surface area contributed by atoms with E-state index in [9.17, 15) is 22.8 Å². The normalized spacial score (nSPS) is 21.5. The lowest BCUT2D eigenvalue weighted by molar-refractivity contribution is -0.141. The van der Waals surface area contributed by atoms with E-state index in [0.717, 1.165) is 42.4 Å². The van der Waals surface area contributed by atoms with Crippen molar-refractivity contribution in [1.82, 2.24) is 15.6 Å². The lowest BCUT2D eigenvalue weighted by Crippen LogP contribution is -2.41. The fourth-order valence-corrected chi connectivity index (χ4v) is 5.21. The van der Waals surface area contributed by atoms with Crippen LogP contribution in [0.5, 0.6) is 0 Å². The average Bonchev–Trinajstić information content (AvgIpc) is 3.84. The van der Waals surface area contributed by atoms with Crippen molar-refractivity contribution >= 4 is 40.6 Å². The molecule has 1 aromatic heterocycles. The topological polar surface area (TPSA) is 114 Å². The maximum absolute atomic E-state index is 13.4. The number of dihydropyridines is 1. The zero-order valence-corrected chi connectivity index (χ0v) is 22.3. The third kappa shape index (κ3) is 7.06.